The van der Waals surface area contributed by atoms with E-state index in [9.17, 15) is 9.59 Å². The first-order chi connectivity index (χ1) is 10.1. The Morgan fingerprint density at radius 1 is 1.00 bits per heavy atom. The molecule has 0 atom stereocenters. The molecule has 21 heavy (non-hydrogen) atoms. The standard InChI is InChI=1S/C16H22BrNO3/c17-14-9-6-13(7-10-14)8-11-15(19)18-12-4-2-1-3-5-16(20)21/h6-7,9-10H,1-5,8,11-12H2,(H,18,19)(H,20,21). The van der Waals surface area contributed by atoms with Crippen LogP contribution in [0.3, 0.4) is 0 Å². The van der Waals surface area contributed by atoms with Crippen molar-refractivity contribution >= 4 is 27.8 Å². The number of hydrogen-bond acceptors (Lipinski definition) is 2. The van der Waals surface area contributed by atoms with Gasteiger partial charge in [-0.15, -0.1) is 0 Å². The SMILES string of the molecule is O=C(O)CCCCCCNC(=O)CCc1ccc(Br)cc1. The molecule has 1 amide bonds. The van der Waals surface area contributed by atoms with Gasteiger partial charge in [-0.25, -0.2) is 0 Å². The Morgan fingerprint density at radius 3 is 2.33 bits per heavy atom. The molecule has 0 aromatic heterocycles. The number of halogens is 1. The minimum absolute atomic E-state index is 0.0726. The zero-order valence-corrected chi connectivity index (χ0v) is 13.7. The first kappa shape index (κ1) is 17.7. The van der Waals surface area contributed by atoms with E-state index in [1.165, 1.54) is 0 Å². The molecular formula is C16H22BrNO3. The third-order valence-electron chi connectivity index (χ3n) is 3.19. The summed E-state index contributed by atoms with van der Waals surface area (Å²) in [5.41, 5.74) is 1.15. The summed E-state index contributed by atoms with van der Waals surface area (Å²) in [5, 5.41) is 11.4. The fourth-order valence-electron chi connectivity index (χ4n) is 1.98. The second-order valence-electron chi connectivity index (χ2n) is 5.03. The van der Waals surface area contributed by atoms with Crippen molar-refractivity contribution in [2.45, 2.75) is 44.9 Å². The van der Waals surface area contributed by atoms with Crippen LogP contribution in [0.4, 0.5) is 0 Å². The minimum Gasteiger partial charge on any atom is -0.481 e. The predicted molar refractivity (Wildman–Crippen MR) is 86.2 cm³/mol. The van der Waals surface area contributed by atoms with Crippen LogP contribution < -0.4 is 5.32 Å². The van der Waals surface area contributed by atoms with Gasteiger partial charge in [-0.3, -0.25) is 9.59 Å². The molecule has 0 spiro atoms. The Hall–Kier alpha value is -1.36. The number of aliphatic carboxylic acids is 1. The predicted octanol–water partition coefficient (Wildman–Crippen LogP) is 3.53. The van der Waals surface area contributed by atoms with Gasteiger partial charge in [0, 0.05) is 23.9 Å². The van der Waals surface area contributed by atoms with Gasteiger partial charge >= 0.3 is 5.97 Å². The lowest BCUT2D eigenvalue weighted by Crippen LogP contribution is -2.24. The number of nitrogens with one attached hydrogen (secondary N) is 1. The molecule has 1 aromatic carbocycles. The molecule has 1 rings (SSSR count). The van der Waals surface area contributed by atoms with Crippen molar-refractivity contribution in [3.8, 4) is 0 Å². The van der Waals surface area contributed by atoms with Gasteiger partial charge < -0.3 is 10.4 Å². The van der Waals surface area contributed by atoms with E-state index >= 15 is 0 Å². The number of aryl methyl sites for hydroxylation is 1. The van der Waals surface area contributed by atoms with E-state index in [0.29, 0.717) is 19.4 Å². The molecule has 0 radical (unpaired) electrons. The van der Waals surface area contributed by atoms with Crippen molar-refractivity contribution in [3.05, 3.63) is 34.3 Å². The topological polar surface area (TPSA) is 66.4 Å². The van der Waals surface area contributed by atoms with Crippen LogP contribution in [0.5, 0.6) is 0 Å². The monoisotopic (exact) mass is 355 g/mol. The summed E-state index contributed by atoms with van der Waals surface area (Å²) < 4.78 is 1.04. The summed E-state index contributed by atoms with van der Waals surface area (Å²) >= 11 is 3.38. The molecule has 4 nitrogen and oxygen atoms in total. The fourth-order valence-corrected chi connectivity index (χ4v) is 2.24. The number of benzene rings is 1. The van der Waals surface area contributed by atoms with Crippen LogP contribution in [-0.2, 0) is 16.0 Å². The maximum Gasteiger partial charge on any atom is 0.303 e. The highest BCUT2D eigenvalue weighted by Gasteiger charge is 2.02. The Balaban J connectivity index is 2.01. The molecule has 1 aromatic rings. The molecule has 2 N–H and O–H groups in total. The van der Waals surface area contributed by atoms with E-state index in [2.05, 4.69) is 21.2 Å². The normalized spacial score (nSPS) is 10.3. The lowest BCUT2D eigenvalue weighted by Gasteiger charge is -2.05. The number of unbranched alkanes of at least 4 members (excludes halogenated alkanes) is 3. The molecule has 0 fully saturated rings. The first-order valence-electron chi connectivity index (χ1n) is 7.31. The Kier molecular flexibility index (Phi) is 8.74. The maximum atomic E-state index is 11.7. The second-order valence-corrected chi connectivity index (χ2v) is 5.95. The highest BCUT2D eigenvalue weighted by molar-refractivity contribution is 9.10. The van der Waals surface area contributed by atoms with Gasteiger partial charge in [0.15, 0.2) is 0 Å². The van der Waals surface area contributed by atoms with Gasteiger partial charge in [0.2, 0.25) is 5.91 Å². The van der Waals surface area contributed by atoms with Crippen molar-refractivity contribution in [1.29, 1.82) is 0 Å². The van der Waals surface area contributed by atoms with Gasteiger partial charge in [0.25, 0.3) is 0 Å². The van der Waals surface area contributed by atoms with Crippen LogP contribution in [0.15, 0.2) is 28.7 Å². The second kappa shape index (κ2) is 10.4. The summed E-state index contributed by atoms with van der Waals surface area (Å²) in [6.45, 7) is 0.673. The third-order valence-corrected chi connectivity index (χ3v) is 3.72. The van der Waals surface area contributed by atoms with E-state index in [0.717, 1.165) is 35.7 Å². The van der Waals surface area contributed by atoms with Crippen molar-refractivity contribution in [1.82, 2.24) is 5.32 Å². The molecule has 0 saturated heterocycles. The number of carboxylic acids is 1. The Morgan fingerprint density at radius 2 is 1.67 bits per heavy atom. The van der Waals surface area contributed by atoms with E-state index in [1.807, 2.05) is 24.3 Å². The number of carbonyl (C=O) groups is 2. The van der Waals surface area contributed by atoms with Crippen molar-refractivity contribution in [2.75, 3.05) is 6.54 Å². The molecule has 0 unspecified atom stereocenters. The molecular weight excluding hydrogens is 334 g/mol. The van der Waals surface area contributed by atoms with Crippen LogP contribution in [-0.4, -0.2) is 23.5 Å². The van der Waals surface area contributed by atoms with Gasteiger partial charge in [-0.2, -0.15) is 0 Å². The number of rotatable bonds is 10. The maximum absolute atomic E-state index is 11.7. The van der Waals surface area contributed by atoms with E-state index in [4.69, 9.17) is 5.11 Å². The number of carboxylic acid groups (broad SMARTS) is 1. The van der Waals surface area contributed by atoms with Crippen LogP contribution in [0.25, 0.3) is 0 Å². The van der Waals surface area contributed by atoms with Crippen LogP contribution in [0.1, 0.15) is 44.1 Å². The van der Waals surface area contributed by atoms with Crippen molar-refractivity contribution in [3.63, 3.8) is 0 Å². The average molecular weight is 356 g/mol. The van der Waals surface area contributed by atoms with Crippen molar-refractivity contribution in [2.24, 2.45) is 0 Å². The molecule has 116 valence electrons. The van der Waals surface area contributed by atoms with Crippen LogP contribution >= 0.6 is 15.9 Å². The van der Waals surface area contributed by atoms with Crippen LogP contribution in [0.2, 0.25) is 0 Å². The van der Waals surface area contributed by atoms with E-state index < -0.39 is 5.97 Å². The lowest BCUT2D eigenvalue weighted by molar-refractivity contribution is -0.137. The van der Waals surface area contributed by atoms with Crippen molar-refractivity contribution < 1.29 is 14.7 Å². The summed E-state index contributed by atoms with van der Waals surface area (Å²) in [5.74, 6) is -0.667. The largest absolute Gasteiger partial charge is 0.481 e. The van der Waals surface area contributed by atoms with E-state index in [1.54, 1.807) is 0 Å². The number of hydrogen-bond donors (Lipinski definition) is 2. The quantitative estimate of drug-likeness (QED) is 0.631. The highest BCUT2D eigenvalue weighted by atomic mass is 79.9. The molecule has 5 heteroatoms. The zero-order chi connectivity index (χ0) is 15.5. The minimum atomic E-state index is -0.740. The average Bonchev–Trinajstić information content (AvgIpc) is 2.45. The Bertz CT molecular complexity index is 445. The first-order valence-corrected chi connectivity index (χ1v) is 8.10. The lowest BCUT2D eigenvalue weighted by atomic mass is 10.1. The van der Waals surface area contributed by atoms with Gasteiger partial charge in [-0.1, -0.05) is 40.9 Å². The Labute approximate surface area is 134 Å². The molecule has 0 saturated carbocycles. The van der Waals surface area contributed by atoms with Gasteiger partial charge in [-0.05, 0) is 37.0 Å². The summed E-state index contributed by atoms with van der Waals surface area (Å²) in [4.78, 5) is 22.0. The molecule has 0 aliphatic carbocycles. The summed E-state index contributed by atoms with van der Waals surface area (Å²) in [7, 11) is 0. The number of carbonyl (C=O) groups excluding carboxylic acids is 1. The highest BCUT2D eigenvalue weighted by Crippen LogP contribution is 2.11. The number of amides is 1. The van der Waals surface area contributed by atoms with Gasteiger partial charge in [0.1, 0.15) is 0 Å². The third kappa shape index (κ3) is 9.24. The van der Waals surface area contributed by atoms with E-state index in [-0.39, 0.29) is 12.3 Å². The fraction of sp³-hybridized carbons (Fsp3) is 0.500. The van der Waals surface area contributed by atoms with Crippen LogP contribution in [0, 0.1) is 0 Å². The van der Waals surface area contributed by atoms with Gasteiger partial charge in [0.05, 0.1) is 0 Å². The zero-order valence-electron chi connectivity index (χ0n) is 12.1. The summed E-state index contributed by atoms with van der Waals surface area (Å²) in [6, 6.07) is 7.98. The molecule has 0 heterocycles. The molecule has 0 bridgehead atoms. The summed E-state index contributed by atoms with van der Waals surface area (Å²) in [6.07, 6.45) is 4.97. The molecule has 0 aliphatic heterocycles. The smallest absolute Gasteiger partial charge is 0.303 e. The molecule has 0 aliphatic rings.